The quantitative estimate of drug-likeness (QED) is 0.876. The lowest BCUT2D eigenvalue weighted by molar-refractivity contribution is -0.122. The van der Waals surface area contributed by atoms with Crippen molar-refractivity contribution in [3.8, 4) is 0 Å². The third kappa shape index (κ3) is 4.39. The van der Waals surface area contributed by atoms with Gasteiger partial charge < -0.3 is 5.32 Å². The largest absolute Gasteiger partial charge is 0.359 e. The fourth-order valence-electron chi connectivity index (χ4n) is 1.84. The molecule has 1 atom stereocenters. The fourth-order valence-corrected chi connectivity index (χ4v) is 1.97. The number of halogens is 1. The second-order valence-corrected chi connectivity index (χ2v) is 5.92. The molecule has 1 unspecified atom stereocenters. The highest BCUT2D eigenvalue weighted by Crippen LogP contribution is 2.31. The molecule has 94 valence electrons. The summed E-state index contributed by atoms with van der Waals surface area (Å²) in [5.74, 6) is -0.0560. The van der Waals surface area contributed by atoms with Gasteiger partial charge in [0.25, 0.3) is 0 Å². The molecule has 1 amide bonds. The van der Waals surface area contributed by atoms with Crippen molar-refractivity contribution >= 4 is 17.5 Å². The second-order valence-electron chi connectivity index (χ2n) is 5.48. The van der Waals surface area contributed by atoms with E-state index in [1.807, 2.05) is 24.3 Å². The van der Waals surface area contributed by atoms with Crippen LogP contribution in [0, 0.1) is 5.41 Å². The summed E-state index contributed by atoms with van der Waals surface area (Å²) in [6, 6.07) is 7.51. The molecule has 0 aliphatic rings. The Labute approximate surface area is 108 Å². The average Bonchev–Trinajstić information content (AvgIpc) is 2.25. The van der Waals surface area contributed by atoms with Crippen molar-refractivity contribution in [1.82, 2.24) is 5.32 Å². The lowest BCUT2D eigenvalue weighted by atomic mass is 9.81. The van der Waals surface area contributed by atoms with Crippen LogP contribution in [0.4, 0.5) is 0 Å². The Balaban J connectivity index is 2.98. The summed E-state index contributed by atoms with van der Waals surface area (Å²) in [6.07, 6.45) is 0.814. The van der Waals surface area contributed by atoms with Crippen molar-refractivity contribution in [3.63, 3.8) is 0 Å². The zero-order chi connectivity index (χ0) is 13.1. The van der Waals surface area contributed by atoms with Crippen LogP contribution in [0.15, 0.2) is 24.3 Å². The SMILES string of the molecule is CNC(=O)C(CC(C)(C)C)c1ccc(Cl)cc1. The first kappa shape index (κ1) is 14.0. The van der Waals surface area contributed by atoms with E-state index in [1.165, 1.54) is 0 Å². The van der Waals surface area contributed by atoms with E-state index in [2.05, 4.69) is 26.1 Å². The first-order valence-corrected chi connectivity index (χ1v) is 6.18. The molecule has 0 aliphatic carbocycles. The maximum absolute atomic E-state index is 11.9. The van der Waals surface area contributed by atoms with E-state index >= 15 is 0 Å². The number of hydrogen-bond donors (Lipinski definition) is 1. The van der Waals surface area contributed by atoms with E-state index in [1.54, 1.807) is 7.05 Å². The van der Waals surface area contributed by atoms with Crippen LogP contribution in [0.5, 0.6) is 0 Å². The summed E-state index contributed by atoms with van der Waals surface area (Å²) in [7, 11) is 1.67. The lowest BCUT2D eigenvalue weighted by Gasteiger charge is -2.25. The number of hydrogen-bond acceptors (Lipinski definition) is 1. The van der Waals surface area contributed by atoms with Crippen molar-refractivity contribution in [2.75, 3.05) is 7.05 Å². The smallest absolute Gasteiger partial charge is 0.227 e. The summed E-state index contributed by atoms with van der Waals surface area (Å²) in [5, 5.41) is 3.42. The van der Waals surface area contributed by atoms with Gasteiger partial charge in [0.15, 0.2) is 0 Å². The van der Waals surface area contributed by atoms with Gasteiger partial charge in [-0.25, -0.2) is 0 Å². The minimum Gasteiger partial charge on any atom is -0.359 e. The highest BCUT2D eigenvalue weighted by molar-refractivity contribution is 6.30. The maximum Gasteiger partial charge on any atom is 0.227 e. The Morgan fingerprint density at radius 1 is 1.29 bits per heavy atom. The molecule has 1 rings (SSSR count). The summed E-state index contributed by atoms with van der Waals surface area (Å²) in [6.45, 7) is 6.41. The van der Waals surface area contributed by atoms with E-state index in [4.69, 9.17) is 11.6 Å². The van der Waals surface area contributed by atoms with Gasteiger partial charge in [-0.15, -0.1) is 0 Å². The number of amides is 1. The highest BCUT2D eigenvalue weighted by Gasteiger charge is 2.25. The third-order valence-electron chi connectivity index (χ3n) is 2.65. The van der Waals surface area contributed by atoms with Gasteiger partial charge >= 0.3 is 0 Å². The zero-order valence-electron chi connectivity index (χ0n) is 10.9. The maximum atomic E-state index is 11.9. The predicted octanol–water partition coefficient (Wildman–Crippen LogP) is 3.61. The number of nitrogens with one attached hydrogen (secondary N) is 1. The van der Waals surface area contributed by atoms with Gasteiger partial charge in [-0.05, 0) is 29.5 Å². The van der Waals surface area contributed by atoms with Crippen LogP contribution in [0.25, 0.3) is 0 Å². The third-order valence-corrected chi connectivity index (χ3v) is 2.90. The van der Waals surface area contributed by atoms with Gasteiger partial charge in [0, 0.05) is 12.1 Å². The molecule has 0 heterocycles. The monoisotopic (exact) mass is 253 g/mol. The normalized spacial score (nSPS) is 13.2. The second kappa shape index (κ2) is 5.54. The standard InChI is InChI=1S/C14H20ClNO/c1-14(2,3)9-12(13(17)16-4)10-5-7-11(15)8-6-10/h5-8,12H,9H2,1-4H3,(H,16,17). The molecule has 0 aliphatic heterocycles. The Bertz CT molecular complexity index is 378. The van der Waals surface area contributed by atoms with Crippen LogP contribution >= 0.6 is 11.6 Å². The number of carbonyl (C=O) groups is 1. The molecule has 0 fully saturated rings. The molecule has 1 N–H and O–H groups in total. The molecule has 0 bridgehead atoms. The minimum absolute atomic E-state index is 0.0576. The van der Waals surface area contributed by atoms with Gasteiger partial charge in [-0.2, -0.15) is 0 Å². The zero-order valence-corrected chi connectivity index (χ0v) is 11.6. The topological polar surface area (TPSA) is 29.1 Å². The van der Waals surface area contributed by atoms with E-state index in [-0.39, 0.29) is 17.2 Å². The molecule has 3 heteroatoms. The summed E-state index contributed by atoms with van der Waals surface area (Å²) in [5.41, 5.74) is 1.13. The van der Waals surface area contributed by atoms with E-state index in [9.17, 15) is 4.79 Å². The average molecular weight is 254 g/mol. The van der Waals surface area contributed by atoms with Gasteiger partial charge in [-0.3, -0.25) is 4.79 Å². The van der Waals surface area contributed by atoms with Crippen LogP contribution in [0.3, 0.4) is 0 Å². The Morgan fingerprint density at radius 3 is 2.24 bits per heavy atom. The molecular weight excluding hydrogens is 234 g/mol. The van der Waals surface area contributed by atoms with E-state index in [0.29, 0.717) is 5.02 Å². The Kier molecular flexibility index (Phi) is 4.58. The Hall–Kier alpha value is -1.02. The summed E-state index contributed by atoms with van der Waals surface area (Å²) < 4.78 is 0. The van der Waals surface area contributed by atoms with Crippen molar-refractivity contribution in [2.45, 2.75) is 33.1 Å². The molecule has 0 radical (unpaired) electrons. The lowest BCUT2D eigenvalue weighted by Crippen LogP contribution is -2.28. The number of likely N-dealkylation sites (N-methyl/N-ethyl adjacent to an activating group) is 1. The molecule has 0 saturated carbocycles. The minimum atomic E-state index is -0.114. The van der Waals surface area contributed by atoms with Crippen molar-refractivity contribution in [2.24, 2.45) is 5.41 Å². The fraction of sp³-hybridized carbons (Fsp3) is 0.500. The summed E-state index contributed by atoms with van der Waals surface area (Å²) >= 11 is 5.86. The van der Waals surface area contributed by atoms with Crippen molar-refractivity contribution < 1.29 is 4.79 Å². The van der Waals surface area contributed by atoms with Crippen LogP contribution < -0.4 is 5.32 Å². The van der Waals surface area contributed by atoms with Crippen LogP contribution in [-0.4, -0.2) is 13.0 Å². The first-order valence-electron chi connectivity index (χ1n) is 5.80. The van der Waals surface area contributed by atoms with Crippen molar-refractivity contribution in [1.29, 1.82) is 0 Å². The molecule has 0 saturated heterocycles. The molecular formula is C14H20ClNO. The van der Waals surface area contributed by atoms with Crippen molar-refractivity contribution in [3.05, 3.63) is 34.9 Å². The number of carbonyl (C=O) groups excluding carboxylic acids is 1. The summed E-state index contributed by atoms with van der Waals surface area (Å²) in [4.78, 5) is 11.9. The van der Waals surface area contributed by atoms with Gasteiger partial charge in [0.05, 0.1) is 5.92 Å². The highest BCUT2D eigenvalue weighted by atomic mass is 35.5. The molecule has 1 aromatic rings. The number of rotatable bonds is 3. The van der Waals surface area contributed by atoms with Gasteiger partial charge in [0.1, 0.15) is 0 Å². The van der Waals surface area contributed by atoms with E-state index in [0.717, 1.165) is 12.0 Å². The predicted molar refractivity (Wildman–Crippen MR) is 72.3 cm³/mol. The van der Waals surface area contributed by atoms with E-state index < -0.39 is 0 Å². The molecule has 1 aromatic carbocycles. The molecule has 2 nitrogen and oxygen atoms in total. The van der Waals surface area contributed by atoms with Crippen LogP contribution in [0.2, 0.25) is 5.02 Å². The Morgan fingerprint density at radius 2 is 1.82 bits per heavy atom. The molecule has 0 spiro atoms. The van der Waals surface area contributed by atoms with Crippen LogP contribution in [0.1, 0.15) is 38.7 Å². The first-order chi connectivity index (χ1) is 7.83. The molecule has 0 aromatic heterocycles. The van der Waals surface area contributed by atoms with Gasteiger partial charge in [0.2, 0.25) is 5.91 Å². The number of benzene rings is 1. The van der Waals surface area contributed by atoms with Gasteiger partial charge in [-0.1, -0.05) is 44.5 Å². The molecule has 17 heavy (non-hydrogen) atoms. The van der Waals surface area contributed by atoms with Crippen LogP contribution in [-0.2, 0) is 4.79 Å².